The van der Waals surface area contributed by atoms with Crippen LogP contribution in [-0.4, -0.2) is 37.0 Å². The third-order valence-electron chi connectivity index (χ3n) is 1.81. The molecule has 0 atom stereocenters. The summed E-state index contributed by atoms with van der Waals surface area (Å²) < 4.78 is 4.79. The highest BCUT2D eigenvalue weighted by Crippen LogP contribution is 1.97. The molecular formula is C10H17NO3. The molecule has 0 spiro atoms. The molecule has 14 heavy (non-hydrogen) atoms. The molecule has 4 heteroatoms. The van der Waals surface area contributed by atoms with Gasteiger partial charge in [-0.25, -0.2) is 4.79 Å². The van der Waals surface area contributed by atoms with Gasteiger partial charge >= 0.3 is 5.97 Å². The third-order valence-corrected chi connectivity index (χ3v) is 1.81. The minimum absolute atomic E-state index is 0.0297. The van der Waals surface area contributed by atoms with E-state index in [-0.39, 0.29) is 11.9 Å². The van der Waals surface area contributed by atoms with E-state index in [2.05, 4.69) is 0 Å². The topological polar surface area (TPSA) is 46.6 Å². The van der Waals surface area contributed by atoms with Gasteiger partial charge < -0.3 is 9.64 Å². The van der Waals surface area contributed by atoms with Gasteiger partial charge in [0.1, 0.15) is 0 Å². The average Bonchev–Trinajstić information content (AvgIpc) is 2.13. The molecule has 0 bridgehead atoms. The minimum atomic E-state index is -0.329. The summed E-state index contributed by atoms with van der Waals surface area (Å²) in [5.74, 6) is -0.359. The maximum Gasteiger partial charge on any atom is 0.333 e. The van der Waals surface area contributed by atoms with Crippen molar-refractivity contribution < 1.29 is 14.3 Å². The second-order valence-electron chi connectivity index (χ2n) is 3.01. The molecule has 0 aliphatic heterocycles. The largest absolute Gasteiger partial charge is 0.463 e. The molecule has 0 saturated heterocycles. The molecule has 0 aliphatic carbocycles. The number of rotatable bonds is 4. The molecule has 0 radical (unpaired) electrons. The van der Waals surface area contributed by atoms with Crippen molar-refractivity contribution in [2.24, 2.45) is 0 Å². The van der Waals surface area contributed by atoms with Gasteiger partial charge in [-0.15, -0.1) is 0 Å². The predicted molar refractivity (Wildman–Crippen MR) is 53.7 cm³/mol. The molecule has 80 valence electrons. The van der Waals surface area contributed by atoms with E-state index in [1.54, 1.807) is 27.0 Å². The van der Waals surface area contributed by atoms with Gasteiger partial charge in [0.2, 0.25) is 5.91 Å². The van der Waals surface area contributed by atoms with E-state index in [1.807, 2.05) is 0 Å². The van der Waals surface area contributed by atoms with E-state index >= 15 is 0 Å². The van der Waals surface area contributed by atoms with Gasteiger partial charge in [0.25, 0.3) is 0 Å². The van der Waals surface area contributed by atoms with Crippen LogP contribution in [0.4, 0.5) is 0 Å². The lowest BCUT2D eigenvalue weighted by molar-refractivity contribution is -0.138. The van der Waals surface area contributed by atoms with E-state index in [0.717, 1.165) is 0 Å². The molecule has 0 heterocycles. The molecule has 0 fully saturated rings. The van der Waals surface area contributed by atoms with E-state index in [9.17, 15) is 9.59 Å². The Labute approximate surface area is 84.5 Å². The SMILES string of the molecule is CCOC(=O)/C(C)=C/CN(C)C(C)=O. The summed E-state index contributed by atoms with van der Waals surface area (Å²) in [4.78, 5) is 23.5. The molecule has 0 aliphatic rings. The number of amides is 1. The average molecular weight is 199 g/mol. The van der Waals surface area contributed by atoms with Crippen LogP contribution in [-0.2, 0) is 14.3 Å². The fourth-order valence-electron chi connectivity index (χ4n) is 0.731. The van der Waals surface area contributed by atoms with Gasteiger partial charge in [-0.2, -0.15) is 0 Å². The van der Waals surface area contributed by atoms with Crippen molar-refractivity contribution in [3.63, 3.8) is 0 Å². The molecule has 0 N–H and O–H groups in total. The van der Waals surface area contributed by atoms with Gasteiger partial charge in [0.05, 0.1) is 6.61 Å². The van der Waals surface area contributed by atoms with Gasteiger partial charge in [-0.05, 0) is 13.8 Å². The van der Waals surface area contributed by atoms with E-state index in [4.69, 9.17) is 4.74 Å². The van der Waals surface area contributed by atoms with Crippen molar-refractivity contribution in [2.45, 2.75) is 20.8 Å². The normalized spacial score (nSPS) is 11.0. The number of nitrogens with zero attached hydrogens (tertiary/aromatic N) is 1. The number of hydrogen-bond donors (Lipinski definition) is 0. The van der Waals surface area contributed by atoms with Crippen LogP contribution in [0.15, 0.2) is 11.6 Å². The molecule has 0 aromatic rings. The summed E-state index contributed by atoms with van der Waals surface area (Å²) in [5, 5.41) is 0. The molecule has 0 unspecified atom stereocenters. The van der Waals surface area contributed by atoms with Crippen LogP contribution < -0.4 is 0 Å². The Balaban J connectivity index is 4.11. The van der Waals surface area contributed by atoms with E-state index < -0.39 is 0 Å². The Morgan fingerprint density at radius 3 is 2.36 bits per heavy atom. The Hall–Kier alpha value is -1.32. The first-order valence-electron chi connectivity index (χ1n) is 4.54. The molecule has 0 saturated carbocycles. The van der Waals surface area contributed by atoms with Gasteiger partial charge in [0, 0.05) is 26.1 Å². The number of carbonyl (C=O) groups is 2. The third kappa shape index (κ3) is 4.64. The number of esters is 1. The quantitative estimate of drug-likeness (QED) is 0.500. The van der Waals surface area contributed by atoms with Gasteiger partial charge in [-0.3, -0.25) is 4.79 Å². The maximum atomic E-state index is 11.1. The Morgan fingerprint density at radius 1 is 1.36 bits per heavy atom. The van der Waals surface area contributed by atoms with Gasteiger partial charge in [0.15, 0.2) is 0 Å². The lowest BCUT2D eigenvalue weighted by atomic mass is 10.3. The lowest BCUT2D eigenvalue weighted by Crippen LogP contribution is -2.24. The van der Waals surface area contributed by atoms with Crippen LogP contribution in [0.25, 0.3) is 0 Å². The first-order chi connectivity index (χ1) is 6.49. The first kappa shape index (κ1) is 12.7. The summed E-state index contributed by atoms with van der Waals surface area (Å²) in [5.41, 5.74) is 0.528. The lowest BCUT2D eigenvalue weighted by Gasteiger charge is -2.11. The van der Waals surface area contributed by atoms with Crippen LogP contribution in [0.5, 0.6) is 0 Å². The van der Waals surface area contributed by atoms with Crippen molar-refractivity contribution in [3.8, 4) is 0 Å². The zero-order chi connectivity index (χ0) is 11.1. The fraction of sp³-hybridized carbons (Fsp3) is 0.600. The first-order valence-corrected chi connectivity index (χ1v) is 4.54. The van der Waals surface area contributed by atoms with Crippen molar-refractivity contribution >= 4 is 11.9 Å². The predicted octanol–water partition coefficient (Wildman–Crippen LogP) is 0.974. The number of carbonyl (C=O) groups excluding carboxylic acids is 2. The second kappa shape index (κ2) is 6.18. The smallest absolute Gasteiger partial charge is 0.333 e. The summed E-state index contributed by atoms with van der Waals surface area (Å²) in [6.07, 6.45) is 1.68. The number of likely N-dealkylation sites (N-methyl/N-ethyl adjacent to an activating group) is 1. The highest BCUT2D eigenvalue weighted by atomic mass is 16.5. The molecule has 1 amide bonds. The number of ether oxygens (including phenoxy) is 1. The van der Waals surface area contributed by atoms with E-state index in [1.165, 1.54) is 11.8 Å². The highest BCUT2D eigenvalue weighted by Gasteiger charge is 2.05. The molecule has 0 rings (SSSR count). The zero-order valence-corrected chi connectivity index (χ0v) is 9.16. The minimum Gasteiger partial charge on any atom is -0.463 e. The standard InChI is InChI=1S/C10H17NO3/c1-5-14-10(13)8(2)6-7-11(4)9(3)12/h6H,5,7H2,1-4H3/b8-6+. The van der Waals surface area contributed by atoms with Gasteiger partial charge in [-0.1, -0.05) is 6.08 Å². The molecule has 0 aromatic heterocycles. The second-order valence-corrected chi connectivity index (χ2v) is 3.01. The van der Waals surface area contributed by atoms with Crippen LogP contribution in [0.3, 0.4) is 0 Å². The monoisotopic (exact) mass is 199 g/mol. The van der Waals surface area contributed by atoms with Crippen LogP contribution in [0.2, 0.25) is 0 Å². The van der Waals surface area contributed by atoms with Crippen LogP contribution >= 0.6 is 0 Å². The van der Waals surface area contributed by atoms with Crippen molar-refractivity contribution in [3.05, 3.63) is 11.6 Å². The summed E-state index contributed by atoms with van der Waals surface area (Å²) in [7, 11) is 1.68. The van der Waals surface area contributed by atoms with E-state index in [0.29, 0.717) is 18.7 Å². The van der Waals surface area contributed by atoms with Crippen molar-refractivity contribution in [1.82, 2.24) is 4.90 Å². The number of hydrogen-bond acceptors (Lipinski definition) is 3. The fourth-order valence-corrected chi connectivity index (χ4v) is 0.731. The maximum absolute atomic E-state index is 11.1. The van der Waals surface area contributed by atoms with Crippen molar-refractivity contribution in [1.29, 1.82) is 0 Å². The molecule has 0 aromatic carbocycles. The highest BCUT2D eigenvalue weighted by molar-refractivity contribution is 5.87. The van der Waals surface area contributed by atoms with Crippen LogP contribution in [0.1, 0.15) is 20.8 Å². The summed E-state index contributed by atoms with van der Waals surface area (Å²) >= 11 is 0. The zero-order valence-electron chi connectivity index (χ0n) is 9.16. The summed E-state index contributed by atoms with van der Waals surface area (Å²) in [6.45, 7) is 5.71. The Bertz CT molecular complexity index is 246. The Kier molecular flexibility index (Phi) is 5.60. The summed E-state index contributed by atoms with van der Waals surface area (Å²) in [6, 6.07) is 0. The molecular weight excluding hydrogens is 182 g/mol. The Morgan fingerprint density at radius 2 is 1.93 bits per heavy atom. The molecule has 4 nitrogen and oxygen atoms in total. The van der Waals surface area contributed by atoms with Crippen LogP contribution in [0, 0.1) is 0 Å². The van der Waals surface area contributed by atoms with Crippen molar-refractivity contribution in [2.75, 3.05) is 20.2 Å².